The van der Waals surface area contributed by atoms with Gasteiger partial charge in [0, 0.05) is 6.54 Å². The molecule has 1 aromatic heterocycles. The van der Waals surface area contributed by atoms with Gasteiger partial charge in [-0.25, -0.2) is 4.79 Å². The molecule has 0 saturated carbocycles. The van der Waals surface area contributed by atoms with Gasteiger partial charge in [-0.05, 0) is 47.5 Å². The summed E-state index contributed by atoms with van der Waals surface area (Å²) in [5, 5.41) is 13.7. The van der Waals surface area contributed by atoms with Crippen molar-refractivity contribution < 1.29 is 14.6 Å². The number of carboxylic acid groups (broad SMARTS) is 1. The number of benzene rings is 1. The molecule has 0 bridgehead atoms. The fourth-order valence-electron chi connectivity index (χ4n) is 2.05. The van der Waals surface area contributed by atoms with Crippen LogP contribution in [0.5, 0.6) is 5.75 Å². The molecule has 5 nitrogen and oxygen atoms in total. The standard InChI is InChI=1S/C15H17BrN2O3/c1-3-10-8-11(18(4-2)17-10)9-21-14-12(15(19)20)6-5-7-13(14)16/h5-8H,3-4,9H2,1-2H3,(H,19,20). The summed E-state index contributed by atoms with van der Waals surface area (Å²) in [5.74, 6) is -0.670. The van der Waals surface area contributed by atoms with Gasteiger partial charge < -0.3 is 9.84 Å². The first-order chi connectivity index (χ1) is 10.1. The van der Waals surface area contributed by atoms with E-state index in [0.29, 0.717) is 10.2 Å². The highest BCUT2D eigenvalue weighted by Gasteiger charge is 2.15. The number of carboxylic acids is 1. The Morgan fingerprint density at radius 3 is 2.81 bits per heavy atom. The van der Waals surface area contributed by atoms with Crippen LogP contribution in [-0.4, -0.2) is 20.9 Å². The van der Waals surface area contributed by atoms with E-state index in [9.17, 15) is 9.90 Å². The molecule has 0 fully saturated rings. The maximum atomic E-state index is 11.2. The van der Waals surface area contributed by atoms with E-state index >= 15 is 0 Å². The number of nitrogens with zero attached hydrogens (tertiary/aromatic N) is 2. The van der Waals surface area contributed by atoms with Crippen molar-refractivity contribution in [2.24, 2.45) is 0 Å². The minimum atomic E-state index is -1.01. The molecule has 0 aliphatic heterocycles. The molecule has 6 heteroatoms. The smallest absolute Gasteiger partial charge is 0.339 e. The van der Waals surface area contributed by atoms with Crippen molar-refractivity contribution in [1.29, 1.82) is 0 Å². The fourth-order valence-corrected chi connectivity index (χ4v) is 2.53. The monoisotopic (exact) mass is 352 g/mol. The van der Waals surface area contributed by atoms with Gasteiger partial charge in [0.2, 0.25) is 0 Å². The lowest BCUT2D eigenvalue weighted by Gasteiger charge is -2.11. The number of aryl methyl sites for hydroxylation is 2. The molecule has 0 saturated heterocycles. The van der Waals surface area contributed by atoms with Crippen LogP contribution >= 0.6 is 15.9 Å². The molecule has 0 spiro atoms. The van der Waals surface area contributed by atoms with Crippen LogP contribution in [0.25, 0.3) is 0 Å². The highest BCUT2D eigenvalue weighted by Crippen LogP contribution is 2.30. The SMILES string of the molecule is CCc1cc(COc2c(Br)cccc2C(=O)O)n(CC)n1. The Hall–Kier alpha value is -1.82. The van der Waals surface area contributed by atoms with Gasteiger partial charge in [-0.1, -0.05) is 13.0 Å². The molecule has 0 atom stereocenters. The summed E-state index contributed by atoms with van der Waals surface area (Å²) >= 11 is 3.33. The van der Waals surface area contributed by atoms with Crippen LogP contribution in [0, 0.1) is 0 Å². The molecule has 0 amide bonds. The first kappa shape index (κ1) is 15.6. The second kappa shape index (κ2) is 6.76. The van der Waals surface area contributed by atoms with Crippen LogP contribution in [0.2, 0.25) is 0 Å². The highest BCUT2D eigenvalue weighted by molar-refractivity contribution is 9.10. The van der Waals surface area contributed by atoms with Crippen molar-refractivity contribution in [3.05, 3.63) is 45.7 Å². The minimum absolute atomic E-state index is 0.141. The third-order valence-electron chi connectivity index (χ3n) is 3.14. The zero-order valence-corrected chi connectivity index (χ0v) is 13.6. The summed E-state index contributed by atoms with van der Waals surface area (Å²) in [6, 6.07) is 6.94. The van der Waals surface area contributed by atoms with Crippen molar-refractivity contribution in [3.8, 4) is 5.75 Å². The third-order valence-corrected chi connectivity index (χ3v) is 3.76. The number of hydrogen-bond acceptors (Lipinski definition) is 3. The third kappa shape index (κ3) is 3.44. The van der Waals surface area contributed by atoms with Crippen LogP contribution in [0.1, 0.15) is 35.6 Å². The minimum Gasteiger partial charge on any atom is -0.485 e. The number of para-hydroxylation sites is 1. The number of rotatable bonds is 6. The molecular weight excluding hydrogens is 336 g/mol. The normalized spacial score (nSPS) is 10.6. The lowest BCUT2D eigenvalue weighted by atomic mass is 10.2. The summed E-state index contributed by atoms with van der Waals surface area (Å²) < 4.78 is 8.22. The Bertz CT molecular complexity index is 652. The maximum absolute atomic E-state index is 11.2. The lowest BCUT2D eigenvalue weighted by Crippen LogP contribution is -2.08. The van der Waals surface area contributed by atoms with Gasteiger partial charge in [-0.3, -0.25) is 4.68 Å². The van der Waals surface area contributed by atoms with Gasteiger partial charge in [0.25, 0.3) is 0 Å². The average molecular weight is 353 g/mol. The van der Waals surface area contributed by atoms with Gasteiger partial charge in [-0.15, -0.1) is 0 Å². The van der Waals surface area contributed by atoms with Crippen molar-refractivity contribution in [1.82, 2.24) is 9.78 Å². The topological polar surface area (TPSA) is 64.3 Å². The first-order valence-electron chi connectivity index (χ1n) is 6.77. The van der Waals surface area contributed by atoms with E-state index in [2.05, 4.69) is 21.0 Å². The highest BCUT2D eigenvalue weighted by atomic mass is 79.9. The van der Waals surface area contributed by atoms with Crippen LogP contribution < -0.4 is 4.74 Å². The van der Waals surface area contributed by atoms with E-state index in [0.717, 1.165) is 24.4 Å². The molecule has 2 aromatic rings. The van der Waals surface area contributed by atoms with Crippen molar-refractivity contribution in [2.75, 3.05) is 0 Å². The Kier molecular flexibility index (Phi) is 5.01. The van der Waals surface area contributed by atoms with Gasteiger partial charge in [0.05, 0.1) is 15.9 Å². The van der Waals surface area contributed by atoms with Gasteiger partial charge in [-0.2, -0.15) is 5.10 Å². The van der Waals surface area contributed by atoms with E-state index < -0.39 is 5.97 Å². The van der Waals surface area contributed by atoms with Gasteiger partial charge in [0.15, 0.2) is 0 Å². The predicted octanol–water partition coefficient (Wildman–Crippen LogP) is 3.51. The van der Waals surface area contributed by atoms with Crippen molar-refractivity contribution >= 4 is 21.9 Å². The van der Waals surface area contributed by atoms with E-state index in [1.54, 1.807) is 12.1 Å². The van der Waals surface area contributed by atoms with Crippen molar-refractivity contribution in [3.63, 3.8) is 0 Å². The second-order valence-corrected chi connectivity index (χ2v) is 5.36. The van der Waals surface area contributed by atoms with Crippen LogP contribution in [0.4, 0.5) is 0 Å². The molecule has 1 N–H and O–H groups in total. The summed E-state index contributed by atoms with van der Waals surface area (Å²) in [4.78, 5) is 11.2. The number of hydrogen-bond donors (Lipinski definition) is 1. The van der Waals surface area contributed by atoms with Gasteiger partial charge >= 0.3 is 5.97 Å². The van der Waals surface area contributed by atoms with Crippen molar-refractivity contribution in [2.45, 2.75) is 33.4 Å². The average Bonchev–Trinajstić information content (AvgIpc) is 2.88. The van der Waals surface area contributed by atoms with E-state index in [4.69, 9.17) is 4.74 Å². The molecule has 0 radical (unpaired) electrons. The van der Waals surface area contributed by atoms with E-state index in [1.807, 2.05) is 24.6 Å². The molecule has 0 aliphatic rings. The van der Waals surface area contributed by atoms with Crippen LogP contribution in [0.3, 0.4) is 0 Å². The Balaban J connectivity index is 2.24. The largest absolute Gasteiger partial charge is 0.485 e. The molecule has 0 aliphatic carbocycles. The van der Waals surface area contributed by atoms with E-state index in [-0.39, 0.29) is 12.2 Å². The number of aromatic nitrogens is 2. The molecular formula is C15H17BrN2O3. The second-order valence-electron chi connectivity index (χ2n) is 4.51. The summed E-state index contributed by atoms with van der Waals surface area (Å²) in [5.41, 5.74) is 2.07. The Morgan fingerprint density at radius 2 is 2.19 bits per heavy atom. The molecule has 0 unspecified atom stereocenters. The fraction of sp³-hybridized carbons (Fsp3) is 0.333. The van der Waals surface area contributed by atoms with Crippen LogP contribution in [-0.2, 0) is 19.6 Å². The zero-order chi connectivity index (χ0) is 15.4. The predicted molar refractivity (Wildman–Crippen MR) is 82.7 cm³/mol. The number of halogens is 1. The molecule has 1 heterocycles. The lowest BCUT2D eigenvalue weighted by molar-refractivity contribution is 0.0691. The molecule has 21 heavy (non-hydrogen) atoms. The van der Waals surface area contributed by atoms with Gasteiger partial charge in [0.1, 0.15) is 17.9 Å². The molecule has 112 valence electrons. The Morgan fingerprint density at radius 1 is 1.43 bits per heavy atom. The Labute approximate surface area is 131 Å². The summed E-state index contributed by atoms with van der Waals surface area (Å²) in [6.07, 6.45) is 0.857. The number of ether oxygens (including phenoxy) is 1. The number of aromatic carboxylic acids is 1. The van der Waals surface area contributed by atoms with E-state index in [1.165, 1.54) is 6.07 Å². The molecule has 1 aromatic carbocycles. The number of carbonyl (C=O) groups is 1. The summed E-state index contributed by atoms with van der Waals surface area (Å²) in [6.45, 7) is 5.09. The summed E-state index contributed by atoms with van der Waals surface area (Å²) in [7, 11) is 0. The quantitative estimate of drug-likeness (QED) is 0.863. The molecule has 2 rings (SSSR count). The van der Waals surface area contributed by atoms with Crippen LogP contribution in [0.15, 0.2) is 28.7 Å². The zero-order valence-electron chi connectivity index (χ0n) is 12.0. The maximum Gasteiger partial charge on any atom is 0.339 e. The first-order valence-corrected chi connectivity index (χ1v) is 7.56.